The van der Waals surface area contributed by atoms with Crippen LogP contribution < -0.4 is 14.8 Å². The molecule has 0 radical (unpaired) electrons. The lowest BCUT2D eigenvalue weighted by molar-refractivity contribution is -0.384. The molecule has 0 bridgehead atoms. The summed E-state index contributed by atoms with van der Waals surface area (Å²) in [5.41, 5.74) is 0.874. The highest BCUT2D eigenvalue weighted by molar-refractivity contribution is 7.07. The van der Waals surface area contributed by atoms with E-state index in [1.807, 2.05) is 0 Å². The van der Waals surface area contributed by atoms with Crippen molar-refractivity contribution < 1.29 is 9.72 Å². The molecule has 1 aromatic heterocycles. The number of nitrogens with zero attached hydrogens (tertiary/aromatic N) is 2. The van der Waals surface area contributed by atoms with Gasteiger partial charge in [0.1, 0.15) is 4.66 Å². The fourth-order valence-electron chi connectivity index (χ4n) is 2.36. The number of benzene rings is 2. The molecule has 0 saturated carbocycles. The van der Waals surface area contributed by atoms with Crippen molar-refractivity contribution in [2.75, 3.05) is 0 Å². The van der Waals surface area contributed by atoms with Crippen LogP contribution in [-0.2, 0) is 7.05 Å². The number of carbonyl (C=O) groups is 1. The highest BCUT2D eigenvalue weighted by Gasteiger charge is 2.07. The van der Waals surface area contributed by atoms with Crippen molar-refractivity contribution in [1.82, 2.24) is 4.57 Å². The van der Waals surface area contributed by atoms with E-state index in [1.165, 1.54) is 34.1 Å². The van der Waals surface area contributed by atoms with E-state index in [0.717, 1.165) is 0 Å². The van der Waals surface area contributed by atoms with Crippen LogP contribution in [0.2, 0.25) is 5.02 Å². The van der Waals surface area contributed by atoms with E-state index in [-0.39, 0.29) is 17.0 Å². The van der Waals surface area contributed by atoms with Gasteiger partial charge in [-0.15, -0.1) is 11.3 Å². The molecule has 27 heavy (non-hydrogen) atoms. The average molecular weight is 401 g/mol. The molecule has 0 saturated heterocycles. The summed E-state index contributed by atoms with van der Waals surface area (Å²) in [5.74, 6) is -0.231. The molecule has 0 spiro atoms. The molecule has 3 rings (SSSR count). The summed E-state index contributed by atoms with van der Waals surface area (Å²) in [6.45, 7) is 0. The minimum Gasteiger partial charge on any atom is -0.302 e. The third-order valence-corrected chi connectivity index (χ3v) is 5.21. The molecule has 0 amide bonds. The fraction of sp³-hybridized carbons (Fsp3) is 0.0526. The summed E-state index contributed by atoms with van der Waals surface area (Å²) in [4.78, 5) is 35.0. The molecular formula is C19H13ClN2O4S. The van der Waals surface area contributed by atoms with Crippen LogP contribution in [0.25, 0.3) is 12.2 Å². The molecule has 8 heteroatoms. The molecule has 0 unspecified atom stereocenters. The second kappa shape index (κ2) is 7.69. The van der Waals surface area contributed by atoms with Gasteiger partial charge in [0.05, 0.1) is 9.46 Å². The highest BCUT2D eigenvalue weighted by Crippen LogP contribution is 2.12. The number of Topliss-reactive ketones (excluding diaryl/α,β-unsaturated/α-hetero) is 1. The van der Waals surface area contributed by atoms with Crippen LogP contribution in [0.3, 0.4) is 0 Å². The van der Waals surface area contributed by atoms with Gasteiger partial charge in [0.15, 0.2) is 5.78 Å². The number of rotatable bonds is 4. The average Bonchev–Trinajstić information content (AvgIpc) is 2.90. The zero-order valence-corrected chi connectivity index (χ0v) is 15.7. The van der Waals surface area contributed by atoms with Crippen molar-refractivity contribution in [3.8, 4) is 0 Å². The van der Waals surface area contributed by atoms with E-state index in [2.05, 4.69) is 0 Å². The van der Waals surface area contributed by atoms with Gasteiger partial charge in [-0.2, -0.15) is 0 Å². The summed E-state index contributed by atoms with van der Waals surface area (Å²) < 4.78 is 2.34. The molecule has 136 valence electrons. The van der Waals surface area contributed by atoms with Crippen LogP contribution in [-0.4, -0.2) is 15.3 Å². The normalized spacial score (nSPS) is 12.4. The van der Waals surface area contributed by atoms with Gasteiger partial charge in [-0.05, 0) is 48.0 Å². The van der Waals surface area contributed by atoms with Crippen molar-refractivity contribution in [3.63, 3.8) is 0 Å². The smallest absolute Gasteiger partial charge is 0.269 e. The minimum absolute atomic E-state index is 0.0196. The molecule has 0 aliphatic carbocycles. The first-order chi connectivity index (χ1) is 12.8. The Morgan fingerprint density at radius 1 is 1.15 bits per heavy atom. The molecule has 0 fully saturated rings. The Morgan fingerprint density at radius 3 is 2.37 bits per heavy atom. The largest absolute Gasteiger partial charge is 0.302 e. The molecule has 6 nitrogen and oxygen atoms in total. The van der Waals surface area contributed by atoms with Gasteiger partial charge in [-0.1, -0.05) is 11.6 Å². The second-order valence-corrected chi connectivity index (χ2v) is 7.18. The van der Waals surface area contributed by atoms with E-state index in [0.29, 0.717) is 25.3 Å². The second-order valence-electron chi connectivity index (χ2n) is 5.68. The third-order valence-electron chi connectivity index (χ3n) is 3.85. The number of nitro benzene ring substituents is 1. The number of non-ortho nitro benzene ring substituents is 1. The Hall–Kier alpha value is -3.03. The summed E-state index contributed by atoms with van der Waals surface area (Å²) in [6.07, 6.45) is 3.04. The lowest BCUT2D eigenvalue weighted by Crippen LogP contribution is -2.29. The van der Waals surface area contributed by atoms with E-state index in [4.69, 9.17) is 11.6 Å². The lowest BCUT2D eigenvalue weighted by atomic mass is 10.1. The lowest BCUT2D eigenvalue weighted by Gasteiger charge is -1.95. The van der Waals surface area contributed by atoms with Crippen molar-refractivity contribution in [2.24, 2.45) is 7.05 Å². The first kappa shape index (κ1) is 18.8. The number of nitro groups is 1. The number of carbonyl (C=O) groups excluding carboxylic acids is 1. The SMILES string of the molecule is Cn1c(=O)/c(=C\c2ccc([N+](=O)[O-])cc2)s/c1=C\C(=O)c1ccc(Cl)cc1. The third kappa shape index (κ3) is 4.21. The Bertz CT molecular complexity index is 1190. The topological polar surface area (TPSA) is 82.2 Å². The number of hydrogen-bond donors (Lipinski definition) is 0. The molecule has 0 aliphatic heterocycles. The Morgan fingerprint density at radius 2 is 1.78 bits per heavy atom. The molecule has 0 aliphatic rings. The summed E-state index contributed by atoms with van der Waals surface area (Å²) in [6, 6.07) is 12.4. The Balaban J connectivity index is 2.00. The van der Waals surface area contributed by atoms with Crippen LogP contribution in [0.4, 0.5) is 5.69 Å². The van der Waals surface area contributed by atoms with Crippen LogP contribution in [0.5, 0.6) is 0 Å². The first-order valence-electron chi connectivity index (χ1n) is 7.79. The van der Waals surface area contributed by atoms with Crippen LogP contribution >= 0.6 is 22.9 Å². The summed E-state index contributed by atoms with van der Waals surface area (Å²) in [7, 11) is 1.59. The predicted octanol–water partition coefficient (Wildman–Crippen LogP) is 2.50. The van der Waals surface area contributed by atoms with Gasteiger partial charge in [0, 0.05) is 35.8 Å². The number of ketones is 1. The molecule has 3 aromatic rings. The van der Waals surface area contributed by atoms with Gasteiger partial charge < -0.3 is 4.57 Å². The minimum atomic E-state index is -0.483. The van der Waals surface area contributed by atoms with E-state index in [9.17, 15) is 19.7 Å². The maximum atomic E-state index is 12.4. The van der Waals surface area contributed by atoms with Crippen molar-refractivity contribution in [1.29, 1.82) is 0 Å². The van der Waals surface area contributed by atoms with Gasteiger partial charge in [-0.3, -0.25) is 19.7 Å². The molecule has 0 N–H and O–H groups in total. The summed E-state index contributed by atoms with van der Waals surface area (Å²) in [5, 5.41) is 11.2. The Kier molecular flexibility index (Phi) is 5.34. The van der Waals surface area contributed by atoms with E-state index < -0.39 is 4.92 Å². The van der Waals surface area contributed by atoms with Crippen LogP contribution in [0.15, 0.2) is 53.3 Å². The highest BCUT2D eigenvalue weighted by atomic mass is 35.5. The van der Waals surface area contributed by atoms with Crippen LogP contribution in [0, 0.1) is 10.1 Å². The number of aromatic nitrogens is 1. The molecule has 1 heterocycles. The predicted molar refractivity (Wildman–Crippen MR) is 106 cm³/mol. The zero-order chi connectivity index (χ0) is 19.6. The van der Waals surface area contributed by atoms with Gasteiger partial charge in [0.2, 0.25) is 0 Å². The number of thiazole rings is 1. The maximum absolute atomic E-state index is 12.4. The zero-order valence-electron chi connectivity index (χ0n) is 14.1. The first-order valence-corrected chi connectivity index (χ1v) is 8.98. The van der Waals surface area contributed by atoms with Gasteiger partial charge >= 0.3 is 0 Å². The number of halogens is 1. The Labute approximate surface area is 162 Å². The fourth-order valence-corrected chi connectivity index (χ4v) is 3.52. The van der Waals surface area contributed by atoms with Crippen LogP contribution in [0.1, 0.15) is 15.9 Å². The standard InChI is InChI=1S/C19H13ClN2O4S/c1-21-18(11-16(23)13-4-6-14(20)7-5-13)27-17(19(21)24)10-12-2-8-15(9-3-12)22(25)26/h2-11H,1H3/b17-10+,18-11-. The maximum Gasteiger partial charge on any atom is 0.269 e. The van der Waals surface area contributed by atoms with E-state index in [1.54, 1.807) is 49.5 Å². The van der Waals surface area contributed by atoms with E-state index >= 15 is 0 Å². The summed E-state index contributed by atoms with van der Waals surface area (Å²) >= 11 is 7.00. The monoisotopic (exact) mass is 400 g/mol. The molecular weight excluding hydrogens is 388 g/mol. The molecule has 0 atom stereocenters. The molecule has 2 aromatic carbocycles. The van der Waals surface area contributed by atoms with Crippen molar-refractivity contribution in [2.45, 2.75) is 0 Å². The van der Waals surface area contributed by atoms with Crippen molar-refractivity contribution in [3.05, 3.63) is 94.3 Å². The number of hydrogen-bond acceptors (Lipinski definition) is 5. The van der Waals surface area contributed by atoms with Crippen molar-refractivity contribution >= 4 is 46.6 Å². The van der Waals surface area contributed by atoms with Gasteiger partial charge in [-0.25, -0.2) is 0 Å². The quantitative estimate of drug-likeness (QED) is 0.383. The van der Waals surface area contributed by atoms with Gasteiger partial charge in [0.25, 0.3) is 11.2 Å².